The number of unbranched alkanes of at least 4 members (excludes halogenated alkanes) is 1. The number of rotatable bonds is 13. The fourth-order valence-corrected chi connectivity index (χ4v) is 6.20. The Morgan fingerprint density at radius 2 is 1.77 bits per heavy atom. The molecule has 232 valence electrons. The molecule has 0 aliphatic heterocycles. The second-order valence-corrected chi connectivity index (χ2v) is 12.3. The zero-order valence-electron chi connectivity index (χ0n) is 24.3. The topological polar surface area (TPSA) is 93.4 Å². The van der Waals surface area contributed by atoms with Crippen LogP contribution in [0.5, 0.6) is 5.75 Å². The second-order valence-electron chi connectivity index (χ2n) is 10.5. The Labute approximate surface area is 268 Å². The van der Waals surface area contributed by atoms with Crippen LogP contribution in [-0.2, 0) is 16.0 Å². The molecule has 44 heavy (non-hydrogen) atoms. The van der Waals surface area contributed by atoms with E-state index in [1.165, 1.54) is 30.0 Å². The van der Waals surface area contributed by atoms with E-state index in [1.807, 2.05) is 30.5 Å². The number of carbonyl (C=O) groups excluding carboxylic acids is 1. The summed E-state index contributed by atoms with van der Waals surface area (Å²) in [6.45, 7) is 4.30. The van der Waals surface area contributed by atoms with Gasteiger partial charge in [0.05, 0.1) is 24.0 Å². The van der Waals surface area contributed by atoms with Crippen LogP contribution >= 0.6 is 35.0 Å². The molecule has 1 aromatic heterocycles. The molecule has 0 aliphatic carbocycles. The first kappa shape index (κ1) is 33.3. The second kappa shape index (κ2) is 14.5. The van der Waals surface area contributed by atoms with Crippen molar-refractivity contribution in [3.05, 3.63) is 105 Å². The van der Waals surface area contributed by atoms with Crippen molar-refractivity contribution in [1.82, 2.24) is 14.9 Å². The van der Waals surface area contributed by atoms with Gasteiger partial charge in [0, 0.05) is 46.0 Å². The Kier molecular flexibility index (Phi) is 10.9. The molecule has 4 aromatic rings. The minimum atomic E-state index is -0.902. The number of hydrogen-bond donors (Lipinski definition) is 2. The number of imidazole rings is 1. The van der Waals surface area contributed by atoms with Gasteiger partial charge in [0.1, 0.15) is 17.4 Å². The van der Waals surface area contributed by atoms with Crippen molar-refractivity contribution in [2.75, 3.05) is 13.7 Å². The summed E-state index contributed by atoms with van der Waals surface area (Å²) in [6, 6.07) is 14.1. The molecule has 0 aliphatic rings. The zero-order valence-corrected chi connectivity index (χ0v) is 26.6. The van der Waals surface area contributed by atoms with Crippen LogP contribution in [0.3, 0.4) is 0 Å². The van der Waals surface area contributed by atoms with Gasteiger partial charge in [0.25, 0.3) is 5.91 Å². The minimum absolute atomic E-state index is 0.0109. The summed E-state index contributed by atoms with van der Waals surface area (Å²) in [5.74, 6) is -1.80. The number of halogens is 4. The molecule has 0 saturated heterocycles. The van der Waals surface area contributed by atoms with E-state index in [0.717, 1.165) is 17.3 Å². The number of aromatic nitrogens is 2. The molecule has 0 radical (unpaired) electrons. The van der Waals surface area contributed by atoms with Gasteiger partial charge in [-0.1, -0.05) is 54.9 Å². The van der Waals surface area contributed by atoms with Crippen LogP contribution in [0.15, 0.2) is 66.0 Å². The maximum Gasteiger partial charge on any atom is 0.303 e. The number of benzene rings is 3. The maximum absolute atomic E-state index is 15.3. The molecule has 0 unspecified atom stereocenters. The van der Waals surface area contributed by atoms with E-state index >= 15 is 4.39 Å². The Bertz CT molecular complexity index is 1640. The van der Waals surface area contributed by atoms with E-state index in [0.29, 0.717) is 34.5 Å². The van der Waals surface area contributed by atoms with Gasteiger partial charge in [0.15, 0.2) is 5.16 Å². The van der Waals surface area contributed by atoms with Gasteiger partial charge < -0.3 is 15.2 Å². The maximum atomic E-state index is 15.3. The first-order valence-corrected chi connectivity index (χ1v) is 15.5. The molecule has 0 spiro atoms. The highest BCUT2D eigenvalue weighted by Crippen LogP contribution is 2.39. The lowest BCUT2D eigenvalue weighted by atomic mass is 9.81. The highest BCUT2D eigenvalue weighted by atomic mass is 35.5. The average Bonchev–Trinajstić information content (AvgIpc) is 3.41. The number of nitrogens with one attached hydrogen (secondary N) is 1. The molecular weight excluding hydrogens is 631 g/mol. The third-order valence-electron chi connectivity index (χ3n) is 7.18. The van der Waals surface area contributed by atoms with Crippen molar-refractivity contribution >= 4 is 46.8 Å². The number of nitrogens with zero attached hydrogens (tertiary/aromatic N) is 2. The van der Waals surface area contributed by atoms with Crippen LogP contribution in [0.4, 0.5) is 8.78 Å². The van der Waals surface area contributed by atoms with Crippen LogP contribution in [0.25, 0.3) is 5.69 Å². The number of carbonyl (C=O) groups is 2. The number of amides is 1. The smallest absolute Gasteiger partial charge is 0.303 e. The molecule has 3 aromatic carbocycles. The highest BCUT2D eigenvalue weighted by Gasteiger charge is 2.30. The third kappa shape index (κ3) is 7.72. The third-order valence-corrected chi connectivity index (χ3v) is 8.81. The van der Waals surface area contributed by atoms with E-state index in [1.54, 1.807) is 31.5 Å². The SMILES string of the molecule is COc1cc(C(C)(C)c2cnc(SCc3c(F)cc(C(=O)NCCCCC(=O)O)cc3Cl)n2-c2ccc(F)cc2)ccc1Cl. The van der Waals surface area contributed by atoms with E-state index < -0.39 is 23.1 Å². The molecule has 12 heteroatoms. The van der Waals surface area contributed by atoms with E-state index in [2.05, 4.69) is 10.3 Å². The molecule has 0 bridgehead atoms. The summed E-state index contributed by atoms with van der Waals surface area (Å²) in [4.78, 5) is 27.8. The lowest BCUT2D eigenvalue weighted by molar-refractivity contribution is -0.137. The van der Waals surface area contributed by atoms with Crippen LogP contribution in [0, 0.1) is 11.6 Å². The summed E-state index contributed by atoms with van der Waals surface area (Å²) < 4.78 is 36.4. The van der Waals surface area contributed by atoms with Gasteiger partial charge in [-0.2, -0.15) is 0 Å². The number of carboxylic acids is 1. The highest BCUT2D eigenvalue weighted by molar-refractivity contribution is 7.98. The van der Waals surface area contributed by atoms with Gasteiger partial charge in [0.2, 0.25) is 0 Å². The van der Waals surface area contributed by atoms with Crippen molar-refractivity contribution in [3.8, 4) is 11.4 Å². The first-order valence-electron chi connectivity index (χ1n) is 13.7. The number of aliphatic carboxylic acids is 1. The van der Waals surface area contributed by atoms with Crippen molar-refractivity contribution in [2.24, 2.45) is 0 Å². The quantitative estimate of drug-likeness (QED) is 0.111. The molecule has 4 rings (SSSR count). The lowest BCUT2D eigenvalue weighted by Gasteiger charge is -2.28. The van der Waals surface area contributed by atoms with Gasteiger partial charge >= 0.3 is 5.97 Å². The van der Waals surface area contributed by atoms with E-state index in [4.69, 9.17) is 33.0 Å². The molecule has 0 fully saturated rings. The number of methoxy groups -OCH3 is 1. The summed E-state index contributed by atoms with van der Waals surface area (Å²) in [6.07, 6.45) is 2.64. The number of hydrogen-bond acceptors (Lipinski definition) is 5. The fraction of sp³-hybridized carbons (Fsp3) is 0.281. The normalized spacial score (nSPS) is 11.4. The zero-order chi connectivity index (χ0) is 32.0. The molecule has 2 N–H and O–H groups in total. The Hall–Kier alpha value is -3.60. The van der Waals surface area contributed by atoms with Crippen molar-refractivity contribution < 1.29 is 28.2 Å². The summed E-state index contributed by atoms with van der Waals surface area (Å²) in [7, 11) is 1.55. The minimum Gasteiger partial charge on any atom is -0.495 e. The summed E-state index contributed by atoms with van der Waals surface area (Å²) >= 11 is 14.0. The van der Waals surface area contributed by atoms with Crippen molar-refractivity contribution in [2.45, 2.75) is 49.4 Å². The predicted octanol–water partition coefficient (Wildman–Crippen LogP) is 8.07. The van der Waals surface area contributed by atoms with Crippen LogP contribution < -0.4 is 10.1 Å². The molecule has 7 nitrogen and oxygen atoms in total. The largest absolute Gasteiger partial charge is 0.495 e. The van der Waals surface area contributed by atoms with Crippen LogP contribution in [0.1, 0.15) is 60.3 Å². The molecule has 0 saturated carbocycles. The Balaban J connectivity index is 1.60. The molecule has 0 atom stereocenters. The average molecular weight is 663 g/mol. The first-order chi connectivity index (χ1) is 20.9. The Morgan fingerprint density at radius 3 is 2.43 bits per heavy atom. The predicted molar refractivity (Wildman–Crippen MR) is 168 cm³/mol. The fourth-order valence-electron chi connectivity index (χ4n) is 4.63. The van der Waals surface area contributed by atoms with E-state index in [9.17, 15) is 14.0 Å². The van der Waals surface area contributed by atoms with Crippen LogP contribution in [0.2, 0.25) is 10.0 Å². The van der Waals surface area contributed by atoms with Crippen molar-refractivity contribution in [3.63, 3.8) is 0 Å². The summed E-state index contributed by atoms with van der Waals surface area (Å²) in [5, 5.41) is 12.5. The van der Waals surface area contributed by atoms with Crippen LogP contribution in [-0.4, -0.2) is 40.2 Å². The van der Waals surface area contributed by atoms with Gasteiger partial charge in [-0.05, 0) is 66.9 Å². The molecule has 1 heterocycles. The Morgan fingerprint density at radius 1 is 1.05 bits per heavy atom. The lowest BCUT2D eigenvalue weighted by Crippen LogP contribution is -2.24. The standard InChI is InChI=1S/C32H31Cl2F2N3O4S/c1-32(2,20-7-12-24(33)27(16-20)43-3)28-17-38-31(39(28)22-10-8-21(35)9-11-22)44-18-23-25(34)14-19(15-26(23)36)30(42)37-13-5-4-6-29(40)41/h7-12,14-17H,4-6,13,18H2,1-3H3,(H,37,42)(H,40,41). The van der Waals surface area contributed by atoms with Gasteiger partial charge in [-0.3, -0.25) is 14.2 Å². The molecular formula is C32H31Cl2F2N3O4S. The van der Waals surface area contributed by atoms with E-state index in [-0.39, 0.29) is 40.7 Å². The van der Waals surface area contributed by atoms with Gasteiger partial charge in [-0.25, -0.2) is 13.8 Å². The number of thioether (sulfide) groups is 1. The van der Waals surface area contributed by atoms with Gasteiger partial charge in [-0.15, -0.1) is 0 Å². The number of carboxylic acid groups (broad SMARTS) is 1. The summed E-state index contributed by atoms with van der Waals surface area (Å²) in [5.41, 5.74) is 2.02. The monoisotopic (exact) mass is 661 g/mol. The number of ether oxygens (including phenoxy) is 1. The van der Waals surface area contributed by atoms with Crippen molar-refractivity contribution in [1.29, 1.82) is 0 Å². The molecule has 1 amide bonds.